The number of amides is 2. The molecule has 2 amide bonds. The number of nitrogens with one attached hydrogen (secondary N) is 1. The van der Waals surface area contributed by atoms with Crippen LogP contribution >= 0.6 is 0 Å². The Labute approximate surface area is 194 Å². The number of carbonyl (C=O) groups excluding carboxylic acids is 2. The molecule has 0 bridgehead atoms. The highest BCUT2D eigenvalue weighted by Crippen LogP contribution is 2.34. The van der Waals surface area contributed by atoms with Gasteiger partial charge in [-0.1, -0.05) is 24.3 Å². The van der Waals surface area contributed by atoms with E-state index in [9.17, 15) is 9.59 Å². The summed E-state index contributed by atoms with van der Waals surface area (Å²) in [6.45, 7) is 5.09. The number of ether oxygens (including phenoxy) is 3. The number of benzene rings is 2. The molecule has 2 aromatic rings. The van der Waals surface area contributed by atoms with Crippen LogP contribution in [0.4, 0.5) is 5.69 Å². The average Bonchev–Trinajstić information content (AvgIpc) is 3.24. The van der Waals surface area contributed by atoms with Gasteiger partial charge < -0.3 is 24.4 Å². The molecular weight excluding hydrogens is 422 g/mol. The van der Waals surface area contributed by atoms with Gasteiger partial charge in [0, 0.05) is 50.9 Å². The van der Waals surface area contributed by atoms with E-state index < -0.39 is 0 Å². The Morgan fingerprint density at radius 1 is 1.06 bits per heavy atom. The fourth-order valence-corrected chi connectivity index (χ4v) is 4.31. The topological polar surface area (TPSA) is 80.3 Å². The third-order valence-electron chi connectivity index (χ3n) is 6.14. The summed E-state index contributed by atoms with van der Waals surface area (Å²) in [5.74, 6) is 0.576. The molecule has 4 rings (SSSR count). The van der Waals surface area contributed by atoms with Crippen molar-refractivity contribution < 1.29 is 23.8 Å². The van der Waals surface area contributed by atoms with Gasteiger partial charge in [0.05, 0.1) is 33.4 Å². The summed E-state index contributed by atoms with van der Waals surface area (Å²) in [5, 5.41) is 3.01. The van der Waals surface area contributed by atoms with E-state index >= 15 is 0 Å². The third kappa shape index (κ3) is 5.64. The van der Waals surface area contributed by atoms with Crippen LogP contribution in [0.25, 0.3) is 0 Å². The maximum absolute atomic E-state index is 12.8. The summed E-state index contributed by atoms with van der Waals surface area (Å²) < 4.78 is 16.0. The smallest absolute Gasteiger partial charge is 0.227 e. The molecule has 0 spiro atoms. The molecule has 8 nitrogen and oxygen atoms in total. The van der Waals surface area contributed by atoms with E-state index in [-0.39, 0.29) is 24.2 Å². The van der Waals surface area contributed by atoms with Gasteiger partial charge in [-0.3, -0.25) is 14.5 Å². The number of rotatable bonds is 8. The second-order valence-electron chi connectivity index (χ2n) is 8.37. The first kappa shape index (κ1) is 23.1. The van der Waals surface area contributed by atoms with Crippen LogP contribution in [-0.2, 0) is 27.4 Å². The second kappa shape index (κ2) is 10.7. The van der Waals surface area contributed by atoms with E-state index in [1.54, 1.807) is 37.3 Å². The fraction of sp³-hybridized carbons (Fsp3) is 0.440. The van der Waals surface area contributed by atoms with Crippen molar-refractivity contribution in [3.8, 4) is 11.5 Å². The van der Waals surface area contributed by atoms with E-state index in [0.29, 0.717) is 30.3 Å². The molecule has 0 aliphatic carbocycles. The molecule has 8 heteroatoms. The van der Waals surface area contributed by atoms with Gasteiger partial charge in [-0.15, -0.1) is 0 Å². The number of carbonyl (C=O) groups is 2. The van der Waals surface area contributed by atoms with Crippen LogP contribution in [0.1, 0.15) is 17.5 Å². The molecule has 2 aliphatic heterocycles. The number of morpholine rings is 1. The lowest BCUT2D eigenvalue weighted by Gasteiger charge is -2.26. The molecular formula is C25H31N3O5. The molecule has 2 saturated heterocycles. The number of nitrogens with zero attached hydrogens (tertiary/aromatic N) is 2. The van der Waals surface area contributed by atoms with Crippen molar-refractivity contribution in [1.82, 2.24) is 10.2 Å². The Kier molecular flexibility index (Phi) is 7.47. The van der Waals surface area contributed by atoms with E-state index in [2.05, 4.69) is 22.3 Å². The SMILES string of the molecule is COc1ccc(N2CC(C(=O)NCc3cccc(CN4CCOCC4)c3)CC2=O)cc1OC. The Morgan fingerprint density at radius 3 is 2.58 bits per heavy atom. The van der Waals surface area contributed by atoms with Crippen LogP contribution in [0, 0.1) is 5.92 Å². The summed E-state index contributed by atoms with van der Waals surface area (Å²) in [5.41, 5.74) is 2.97. The standard InChI is InChI=1S/C25H31N3O5/c1-31-22-7-6-21(14-23(22)32-2)28-17-20(13-24(28)29)25(30)26-15-18-4-3-5-19(12-18)16-27-8-10-33-11-9-27/h3-7,12,14,20H,8-11,13,15-17H2,1-2H3,(H,26,30). The maximum atomic E-state index is 12.8. The fourth-order valence-electron chi connectivity index (χ4n) is 4.31. The Hall–Kier alpha value is -3.10. The van der Waals surface area contributed by atoms with Crippen LogP contribution in [0.2, 0.25) is 0 Å². The zero-order valence-electron chi connectivity index (χ0n) is 19.2. The molecule has 0 saturated carbocycles. The third-order valence-corrected chi connectivity index (χ3v) is 6.14. The maximum Gasteiger partial charge on any atom is 0.227 e. The van der Waals surface area contributed by atoms with Crippen molar-refractivity contribution in [3.63, 3.8) is 0 Å². The average molecular weight is 454 g/mol. The first-order valence-corrected chi connectivity index (χ1v) is 11.3. The predicted molar refractivity (Wildman–Crippen MR) is 124 cm³/mol. The number of hydrogen-bond acceptors (Lipinski definition) is 6. The summed E-state index contributed by atoms with van der Waals surface area (Å²) in [7, 11) is 3.12. The molecule has 1 N–H and O–H groups in total. The lowest BCUT2D eigenvalue weighted by molar-refractivity contribution is -0.126. The van der Waals surface area contributed by atoms with Gasteiger partial charge >= 0.3 is 0 Å². The van der Waals surface area contributed by atoms with Crippen molar-refractivity contribution in [2.45, 2.75) is 19.5 Å². The molecule has 2 heterocycles. The molecule has 176 valence electrons. The van der Waals surface area contributed by atoms with E-state index in [0.717, 1.165) is 38.4 Å². The molecule has 1 unspecified atom stereocenters. The summed E-state index contributed by atoms with van der Waals surface area (Å²) in [6.07, 6.45) is 0.192. The first-order chi connectivity index (χ1) is 16.1. The van der Waals surface area contributed by atoms with Gasteiger partial charge in [0.1, 0.15) is 0 Å². The minimum atomic E-state index is -0.387. The molecule has 1 atom stereocenters. The van der Waals surface area contributed by atoms with Crippen molar-refractivity contribution in [1.29, 1.82) is 0 Å². The number of methoxy groups -OCH3 is 2. The largest absolute Gasteiger partial charge is 0.493 e. The second-order valence-corrected chi connectivity index (χ2v) is 8.37. The van der Waals surface area contributed by atoms with Gasteiger partial charge in [0.2, 0.25) is 11.8 Å². The van der Waals surface area contributed by atoms with Gasteiger partial charge in [-0.05, 0) is 23.3 Å². The summed E-state index contributed by atoms with van der Waals surface area (Å²) in [6, 6.07) is 13.6. The lowest BCUT2D eigenvalue weighted by Crippen LogP contribution is -2.35. The zero-order chi connectivity index (χ0) is 23.2. The highest BCUT2D eigenvalue weighted by atomic mass is 16.5. The summed E-state index contributed by atoms with van der Waals surface area (Å²) in [4.78, 5) is 29.4. The van der Waals surface area contributed by atoms with E-state index in [4.69, 9.17) is 14.2 Å². The Balaban J connectivity index is 1.33. The van der Waals surface area contributed by atoms with Gasteiger partial charge in [-0.2, -0.15) is 0 Å². The minimum absolute atomic E-state index is 0.0742. The lowest BCUT2D eigenvalue weighted by atomic mass is 10.1. The Morgan fingerprint density at radius 2 is 1.82 bits per heavy atom. The normalized spacial score (nSPS) is 18.9. The Bertz CT molecular complexity index is 990. The number of anilines is 1. The van der Waals surface area contributed by atoms with Crippen LogP contribution in [0.3, 0.4) is 0 Å². The van der Waals surface area contributed by atoms with Crippen molar-refractivity contribution >= 4 is 17.5 Å². The van der Waals surface area contributed by atoms with Crippen LogP contribution in [-0.4, -0.2) is 63.8 Å². The van der Waals surface area contributed by atoms with Gasteiger partial charge in [-0.25, -0.2) is 0 Å². The highest BCUT2D eigenvalue weighted by molar-refractivity contribution is 6.00. The zero-order valence-corrected chi connectivity index (χ0v) is 19.2. The van der Waals surface area contributed by atoms with E-state index in [1.807, 2.05) is 12.1 Å². The van der Waals surface area contributed by atoms with Crippen molar-refractivity contribution in [2.75, 3.05) is 52.0 Å². The van der Waals surface area contributed by atoms with Crippen LogP contribution in [0.5, 0.6) is 11.5 Å². The van der Waals surface area contributed by atoms with Crippen LogP contribution < -0.4 is 19.7 Å². The van der Waals surface area contributed by atoms with Gasteiger partial charge in [0.25, 0.3) is 0 Å². The quantitative estimate of drug-likeness (QED) is 0.660. The molecule has 0 radical (unpaired) electrons. The predicted octanol–water partition coefficient (Wildman–Crippen LogP) is 2.21. The molecule has 2 aliphatic rings. The summed E-state index contributed by atoms with van der Waals surface area (Å²) >= 11 is 0. The monoisotopic (exact) mass is 453 g/mol. The molecule has 33 heavy (non-hydrogen) atoms. The molecule has 0 aromatic heterocycles. The van der Waals surface area contributed by atoms with E-state index in [1.165, 1.54) is 5.56 Å². The first-order valence-electron chi connectivity index (χ1n) is 11.3. The minimum Gasteiger partial charge on any atom is -0.493 e. The van der Waals surface area contributed by atoms with Gasteiger partial charge in [0.15, 0.2) is 11.5 Å². The molecule has 2 aromatic carbocycles. The number of hydrogen-bond donors (Lipinski definition) is 1. The van der Waals surface area contributed by atoms with Crippen LogP contribution in [0.15, 0.2) is 42.5 Å². The molecule has 2 fully saturated rings. The highest BCUT2D eigenvalue weighted by Gasteiger charge is 2.35. The van der Waals surface area contributed by atoms with Crippen molar-refractivity contribution in [3.05, 3.63) is 53.6 Å². The van der Waals surface area contributed by atoms with Crippen molar-refractivity contribution in [2.24, 2.45) is 5.92 Å².